The van der Waals surface area contributed by atoms with E-state index in [0.717, 1.165) is 26.7 Å². The van der Waals surface area contributed by atoms with Gasteiger partial charge in [0.05, 0.1) is 9.35 Å². The number of rotatable bonds is 4. The van der Waals surface area contributed by atoms with E-state index in [1.165, 1.54) is 11.3 Å². The molecule has 0 spiro atoms. The first kappa shape index (κ1) is 11.4. The van der Waals surface area contributed by atoms with E-state index in [1.54, 1.807) is 0 Å². The molecule has 0 N–H and O–H groups in total. The van der Waals surface area contributed by atoms with Gasteiger partial charge in [-0.1, -0.05) is 13.3 Å². The van der Waals surface area contributed by atoms with Gasteiger partial charge in [-0.15, -0.1) is 11.3 Å². The highest BCUT2D eigenvalue weighted by Crippen LogP contribution is 2.33. The van der Waals surface area contributed by atoms with Crippen molar-refractivity contribution < 1.29 is 4.79 Å². The molecule has 0 aliphatic carbocycles. The Labute approximate surface area is 98.8 Å². The molecule has 0 bridgehead atoms. The Balaban J connectivity index is 2.71. The van der Waals surface area contributed by atoms with Crippen molar-refractivity contribution in [2.24, 2.45) is 0 Å². The van der Waals surface area contributed by atoms with Crippen LogP contribution in [0.15, 0.2) is 14.3 Å². The van der Waals surface area contributed by atoms with Crippen LogP contribution >= 0.6 is 43.2 Å². The average molecular weight is 326 g/mol. The van der Waals surface area contributed by atoms with E-state index in [0.29, 0.717) is 6.42 Å². The molecule has 1 rings (SSSR count). The first-order valence-corrected chi connectivity index (χ1v) is 6.59. The monoisotopic (exact) mass is 324 g/mol. The van der Waals surface area contributed by atoms with Crippen molar-refractivity contribution in [1.29, 1.82) is 0 Å². The van der Waals surface area contributed by atoms with Gasteiger partial charge >= 0.3 is 0 Å². The molecule has 0 unspecified atom stereocenters. The molecule has 13 heavy (non-hydrogen) atoms. The molecule has 0 radical (unpaired) electrons. The van der Waals surface area contributed by atoms with Gasteiger partial charge in [0.25, 0.3) is 0 Å². The van der Waals surface area contributed by atoms with E-state index < -0.39 is 0 Å². The summed E-state index contributed by atoms with van der Waals surface area (Å²) in [5.41, 5.74) is 0. The SMILES string of the molecule is CCCCC(=O)c1scc(Br)c1Br. The fourth-order valence-corrected chi connectivity index (χ4v) is 3.12. The van der Waals surface area contributed by atoms with Crippen LogP contribution in [0.25, 0.3) is 0 Å². The molecule has 0 saturated heterocycles. The van der Waals surface area contributed by atoms with Crippen molar-refractivity contribution in [2.75, 3.05) is 0 Å². The zero-order valence-corrected chi connectivity index (χ0v) is 11.3. The molecule has 0 atom stereocenters. The van der Waals surface area contributed by atoms with Crippen LogP contribution in [0.2, 0.25) is 0 Å². The number of thiophene rings is 1. The molecule has 0 aromatic carbocycles. The molecule has 1 aromatic heterocycles. The zero-order chi connectivity index (χ0) is 9.84. The summed E-state index contributed by atoms with van der Waals surface area (Å²) in [6, 6.07) is 0. The van der Waals surface area contributed by atoms with Crippen LogP contribution < -0.4 is 0 Å². The third-order valence-corrected chi connectivity index (χ3v) is 5.27. The molecule has 0 aliphatic rings. The Morgan fingerprint density at radius 3 is 2.69 bits per heavy atom. The number of hydrogen-bond donors (Lipinski definition) is 0. The van der Waals surface area contributed by atoms with E-state index >= 15 is 0 Å². The maximum Gasteiger partial charge on any atom is 0.173 e. The van der Waals surface area contributed by atoms with Gasteiger partial charge in [-0.05, 0) is 38.3 Å². The number of Topliss-reactive ketones (excluding diaryl/α,β-unsaturated/α-hetero) is 1. The van der Waals surface area contributed by atoms with Crippen molar-refractivity contribution in [2.45, 2.75) is 26.2 Å². The maximum absolute atomic E-state index is 11.6. The second kappa shape index (κ2) is 5.27. The molecule has 1 aromatic rings. The quantitative estimate of drug-likeness (QED) is 0.737. The van der Waals surface area contributed by atoms with Gasteiger partial charge < -0.3 is 0 Å². The predicted molar refractivity (Wildman–Crippen MR) is 63.6 cm³/mol. The van der Waals surface area contributed by atoms with E-state index in [-0.39, 0.29) is 5.78 Å². The fraction of sp³-hybridized carbons (Fsp3) is 0.444. The maximum atomic E-state index is 11.6. The van der Waals surface area contributed by atoms with Gasteiger partial charge in [0.2, 0.25) is 0 Å². The van der Waals surface area contributed by atoms with Crippen molar-refractivity contribution in [3.8, 4) is 0 Å². The molecule has 72 valence electrons. The number of halogens is 2. The third kappa shape index (κ3) is 2.89. The lowest BCUT2D eigenvalue weighted by atomic mass is 10.1. The van der Waals surface area contributed by atoms with Crippen LogP contribution in [0, 0.1) is 0 Å². The number of hydrogen-bond acceptors (Lipinski definition) is 2. The van der Waals surface area contributed by atoms with E-state index in [2.05, 4.69) is 38.8 Å². The van der Waals surface area contributed by atoms with E-state index in [9.17, 15) is 4.79 Å². The molecular formula is C9H10Br2OS. The van der Waals surface area contributed by atoms with E-state index in [4.69, 9.17) is 0 Å². The Bertz CT molecular complexity index is 307. The Morgan fingerprint density at radius 2 is 2.23 bits per heavy atom. The number of unbranched alkanes of at least 4 members (excludes halogenated alkanes) is 1. The molecule has 0 aliphatic heterocycles. The Kier molecular flexibility index (Phi) is 4.62. The van der Waals surface area contributed by atoms with Gasteiger partial charge in [-0.25, -0.2) is 0 Å². The molecule has 0 amide bonds. The van der Waals surface area contributed by atoms with Crippen LogP contribution in [0.4, 0.5) is 0 Å². The minimum atomic E-state index is 0.240. The van der Waals surface area contributed by atoms with Crippen molar-refractivity contribution in [1.82, 2.24) is 0 Å². The van der Waals surface area contributed by atoms with Gasteiger partial charge in [0.15, 0.2) is 5.78 Å². The predicted octanol–water partition coefficient (Wildman–Crippen LogP) is 4.65. The number of carbonyl (C=O) groups is 1. The number of ketones is 1. The van der Waals surface area contributed by atoms with Gasteiger partial charge in [0.1, 0.15) is 0 Å². The minimum Gasteiger partial charge on any atom is -0.293 e. The van der Waals surface area contributed by atoms with Gasteiger partial charge in [-0.2, -0.15) is 0 Å². The van der Waals surface area contributed by atoms with Crippen LogP contribution in [-0.2, 0) is 0 Å². The summed E-state index contributed by atoms with van der Waals surface area (Å²) in [4.78, 5) is 12.4. The standard InChI is InChI=1S/C9H10Br2OS/c1-2-3-4-7(12)9-8(11)6(10)5-13-9/h5H,2-4H2,1H3. The minimum absolute atomic E-state index is 0.240. The summed E-state index contributed by atoms with van der Waals surface area (Å²) in [6.07, 6.45) is 2.69. The first-order chi connectivity index (χ1) is 6.16. The molecule has 1 nitrogen and oxygen atoms in total. The zero-order valence-electron chi connectivity index (χ0n) is 7.27. The van der Waals surface area contributed by atoms with Gasteiger partial charge in [0, 0.05) is 16.3 Å². The molecule has 0 fully saturated rings. The topological polar surface area (TPSA) is 17.1 Å². The highest BCUT2D eigenvalue weighted by molar-refractivity contribution is 9.13. The Morgan fingerprint density at radius 1 is 1.54 bits per heavy atom. The Hall–Kier alpha value is 0.330. The van der Waals surface area contributed by atoms with Gasteiger partial charge in [-0.3, -0.25) is 4.79 Å². The van der Waals surface area contributed by atoms with E-state index in [1.807, 2.05) is 5.38 Å². The summed E-state index contributed by atoms with van der Waals surface area (Å²) >= 11 is 8.24. The smallest absolute Gasteiger partial charge is 0.173 e. The van der Waals surface area contributed by atoms with Crippen LogP contribution in [-0.4, -0.2) is 5.78 Å². The normalized spacial score (nSPS) is 10.4. The van der Waals surface area contributed by atoms with Crippen molar-refractivity contribution in [3.63, 3.8) is 0 Å². The number of carbonyl (C=O) groups excluding carboxylic acids is 1. The molecule has 1 heterocycles. The van der Waals surface area contributed by atoms with Crippen LogP contribution in [0.1, 0.15) is 35.9 Å². The lowest BCUT2D eigenvalue weighted by Gasteiger charge is -1.96. The molecule has 4 heteroatoms. The van der Waals surface area contributed by atoms with Crippen LogP contribution in [0.3, 0.4) is 0 Å². The highest BCUT2D eigenvalue weighted by Gasteiger charge is 2.13. The summed E-state index contributed by atoms with van der Waals surface area (Å²) < 4.78 is 1.87. The first-order valence-electron chi connectivity index (χ1n) is 4.12. The third-order valence-electron chi connectivity index (χ3n) is 1.70. The average Bonchev–Trinajstić information content (AvgIpc) is 2.44. The summed E-state index contributed by atoms with van der Waals surface area (Å²) in [5.74, 6) is 0.240. The fourth-order valence-electron chi connectivity index (χ4n) is 0.962. The van der Waals surface area contributed by atoms with Crippen LogP contribution in [0.5, 0.6) is 0 Å². The summed E-state index contributed by atoms with van der Waals surface area (Å²) in [6.45, 7) is 2.09. The second-order valence-electron chi connectivity index (χ2n) is 2.75. The molecule has 0 saturated carbocycles. The lowest BCUT2D eigenvalue weighted by Crippen LogP contribution is -1.95. The highest BCUT2D eigenvalue weighted by atomic mass is 79.9. The summed E-state index contributed by atoms with van der Waals surface area (Å²) in [5, 5.41) is 1.93. The second-order valence-corrected chi connectivity index (χ2v) is 5.28. The lowest BCUT2D eigenvalue weighted by molar-refractivity contribution is 0.0983. The summed E-state index contributed by atoms with van der Waals surface area (Å²) in [7, 11) is 0. The largest absolute Gasteiger partial charge is 0.293 e. The molecular weight excluding hydrogens is 316 g/mol. The van der Waals surface area contributed by atoms with Crippen molar-refractivity contribution in [3.05, 3.63) is 19.2 Å². The van der Waals surface area contributed by atoms with Crippen molar-refractivity contribution >= 4 is 49.0 Å².